The van der Waals surface area contributed by atoms with Crippen molar-refractivity contribution in [2.75, 3.05) is 13.7 Å². The van der Waals surface area contributed by atoms with E-state index in [1.807, 2.05) is 18.2 Å². The molecule has 0 aliphatic rings. The Balaban J connectivity index is 1.97. The number of esters is 1. The van der Waals surface area contributed by atoms with Gasteiger partial charge < -0.3 is 15.0 Å². The zero-order valence-corrected chi connectivity index (χ0v) is 9.12. The van der Waals surface area contributed by atoms with Crippen molar-refractivity contribution in [3.63, 3.8) is 0 Å². The Morgan fingerprint density at radius 3 is 3.00 bits per heavy atom. The van der Waals surface area contributed by atoms with Crippen LogP contribution in [0.3, 0.4) is 0 Å². The van der Waals surface area contributed by atoms with Gasteiger partial charge in [0.1, 0.15) is 0 Å². The molecule has 2 rings (SSSR count). The van der Waals surface area contributed by atoms with Gasteiger partial charge in [-0.3, -0.25) is 4.79 Å². The first-order valence-corrected chi connectivity index (χ1v) is 5.14. The molecule has 0 fully saturated rings. The minimum absolute atomic E-state index is 0.228. The van der Waals surface area contributed by atoms with Crippen LogP contribution in [0.1, 0.15) is 5.69 Å². The van der Waals surface area contributed by atoms with Crippen LogP contribution in [0, 0.1) is 0 Å². The molecule has 0 saturated heterocycles. The van der Waals surface area contributed by atoms with Gasteiger partial charge in [0.25, 0.3) is 0 Å². The van der Waals surface area contributed by atoms with Crippen LogP contribution in [0.15, 0.2) is 30.3 Å². The summed E-state index contributed by atoms with van der Waals surface area (Å²) in [5.41, 5.74) is 2.17. The summed E-state index contributed by atoms with van der Waals surface area (Å²) < 4.78 is 4.54. The molecule has 16 heavy (non-hydrogen) atoms. The average molecular weight is 218 g/mol. The number of para-hydroxylation sites is 1. The summed E-state index contributed by atoms with van der Waals surface area (Å²) in [6.07, 6.45) is 0. The summed E-state index contributed by atoms with van der Waals surface area (Å²) in [6, 6.07) is 10.1. The van der Waals surface area contributed by atoms with Crippen molar-refractivity contribution < 1.29 is 9.53 Å². The Labute approximate surface area is 93.6 Å². The van der Waals surface area contributed by atoms with Crippen molar-refractivity contribution in [2.24, 2.45) is 0 Å². The summed E-state index contributed by atoms with van der Waals surface area (Å²) in [6.45, 7) is 0.857. The monoisotopic (exact) mass is 218 g/mol. The molecular formula is C12H14N2O2. The van der Waals surface area contributed by atoms with Gasteiger partial charge in [0, 0.05) is 17.8 Å². The molecule has 4 nitrogen and oxygen atoms in total. The van der Waals surface area contributed by atoms with E-state index in [1.54, 1.807) is 0 Å². The van der Waals surface area contributed by atoms with E-state index < -0.39 is 0 Å². The van der Waals surface area contributed by atoms with Crippen LogP contribution < -0.4 is 5.32 Å². The third-order valence-corrected chi connectivity index (χ3v) is 2.40. The highest BCUT2D eigenvalue weighted by atomic mass is 16.5. The molecule has 2 aromatic rings. The predicted octanol–water partition coefficient (Wildman–Crippen LogP) is 1.43. The second-order valence-corrected chi connectivity index (χ2v) is 3.56. The number of carbonyl (C=O) groups excluding carboxylic acids is 1. The van der Waals surface area contributed by atoms with Crippen LogP contribution in [0.2, 0.25) is 0 Å². The van der Waals surface area contributed by atoms with Crippen molar-refractivity contribution in [3.8, 4) is 0 Å². The molecule has 0 bridgehead atoms. The lowest BCUT2D eigenvalue weighted by molar-refractivity contribution is -0.139. The van der Waals surface area contributed by atoms with E-state index in [2.05, 4.69) is 27.2 Å². The van der Waals surface area contributed by atoms with Crippen molar-refractivity contribution >= 4 is 16.9 Å². The zero-order valence-electron chi connectivity index (χ0n) is 9.12. The number of hydrogen-bond donors (Lipinski definition) is 2. The van der Waals surface area contributed by atoms with Gasteiger partial charge in [-0.2, -0.15) is 0 Å². The number of hydrogen-bond acceptors (Lipinski definition) is 3. The van der Waals surface area contributed by atoms with Crippen LogP contribution in [0.25, 0.3) is 10.9 Å². The van der Waals surface area contributed by atoms with Gasteiger partial charge >= 0.3 is 5.97 Å². The van der Waals surface area contributed by atoms with E-state index in [0.717, 1.165) is 11.2 Å². The number of nitrogens with one attached hydrogen (secondary N) is 2. The molecule has 4 heteroatoms. The van der Waals surface area contributed by atoms with Gasteiger partial charge in [0.15, 0.2) is 0 Å². The zero-order chi connectivity index (χ0) is 11.4. The molecule has 84 valence electrons. The number of benzene rings is 1. The molecule has 1 aromatic carbocycles. The van der Waals surface area contributed by atoms with Crippen molar-refractivity contribution in [1.29, 1.82) is 0 Å². The number of rotatable bonds is 4. The van der Waals surface area contributed by atoms with Gasteiger partial charge in [-0.15, -0.1) is 0 Å². The number of carbonyl (C=O) groups is 1. The lowest BCUT2D eigenvalue weighted by Gasteiger charge is -2.00. The summed E-state index contributed by atoms with van der Waals surface area (Å²) in [7, 11) is 1.38. The highest BCUT2D eigenvalue weighted by Gasteiger charge is 2.01. The molecule has 1 heterocycles. The third kappa shape index (κ3) is 2.41. The van der Waals surface area contributed by atoms with Gasteiger partial charge in [0.2, 0.25) is 0 Å². The van der Waals surface area contributed by atoms with Crippen LogP contribution in [0.4, 0.5) is 0 Å². The number of aromatic amines is 1. The average Bonchev–Trinajstić information content (AvgIpc) is 2.71. The molecule has 2 N–H and O–H groups in total. The standard InChI is InChI=1S/C12H14N2O2/c1-16-12(15)8-13-7-10-6-9-4-2-3-5-11(9)14-10/h2-6,13-14H,7-8H2,1H3. The van der Waals surface area contributed by atoms with E-state index in [9.17, 15) is 4.79 Å². The molecule has 0 atom stereocenters. The molecule has 0 unspecified atom stereocenters. The third-order valence-electron chi connectivity index (χ3n) is 2.40. The molecular weight excluding hydrogens is 204 g/mol. The lowest BCUT2D eigenvalue weighted by atomic mass is 10.2. The molecule has 0 aliphatic heterocycles. The maximum atomic E-state index is 10.9. The van der Waals surface area contributed by atoms with E-state index in [0.29, 0.717) is 6.54 Å². The second kappa shape index (κ2) is 4.81. The van der Waals surface area contributed by atoms with E-state index in [4.69, 9.17) is 0 Å². The number of fused-ring (bicyclic) bond motifs is 1. The Bertz CT molecular complexity index is 457. The number of aromatic nitrogens is 1. The van der Waals surface area contributed by atoms with Crippen molar-refractivity contribution in [2.45, 2.75) is 6.54 Å². The largest absolute Gasteiger partial charge is 0.468 e. The molecule has 0 spiro atoms. The normalized spacial score (nSPS) is 10.6. The lowest BCUT2D eigenvalue weighted by Crippen LogP contribution is -2.23. The van der Waals surface area contributed by atoms with Gasteiger partial charge in [-0.05, 0) is 17.5 Å². The van der Waals surface area contributed by atoms with Gasteiger partial charge in [0.05, 0.1) is 13.7 Å². The topological polar surface area (TPSA) is 54.1 Å². The first kappa shape index (κ1) is 10.7. The van der Waals surface area contributed by atoms with Crippen LogP contribution in [-0.2, 0) is 16.1 Å². The van der Waals surface area contributed by atoms with E-state index in [1.165, 1.54) is 12.5 Å². The van der Waals surface area contributed by atoms with Crippen molar-refractivity contribution in [1.82, 2.24) is 10.3 Å². The SMILES string of the molecule is COC(=O)CNCc1cc2ccccc2[nH]1. The Hall–Kier alpha value is -1.81. The van der Waals surface area contributed by atoms with Crippen molar-refractivity contribution in [3.05, 3.63) is 36.0 Å². The molecule has 0 saturated carbocycles. The number of H-pyrrole nitrogens is 1. The van der Waals surface area contributed by atoms with Gasteiger partial charge in [-0.25, -0.2) is 0 Å². The van der Waals surface area contributed by atoms with Crippen LogP contribution >= 0.6 is 0 Å². The molecule has 0 radical (unpaired) electrons. The van der Waals surface area contributed by atoms with Gasteiger partial charge in [-0.1, -0.05) is 18.2 Å². The summed E-state index contributed by atoms with van der Waals surface area (Å²) in [4.78, 5) is 14.2. The fourth-order valence-electron chi connectivity index (χ4n) is 1.60. The predicted molar refractivity (Wildman–Crippen MR) is 62.0 cm³/mol. The Kier molecular flexibility index (Phi) is 3.22. The van der Waals surface area contributed by atoms with E-state index in [-0.39, 0.29) is 12.5 Å². The summed E-state index contributed by atoms with van der Waals surface area (Å²) in [5.74, 6) is -0.254. The summed E-state index contributed by atoms with van der Waals surface area (Å²) >= 11 is 0. The fraction of sp³-hybridized carbons (Fsp3) is 0.250. The molecule has 0 aliphatic carbocycles. The quantitative estimate of drug-likeness (QED) is 0.763. The maximum absolute atomic E-state index is 10.9. The first-order chi connectivity index (χ1) is 7.79. The summed E-state index contributed by atoms with van der Waals surface area (Å²) in [5, 5.41) is 4.19. The van der Waals surface area contributed by atoms with E-state index >= 15 is 0 Å². The molecule has 1 aromatic heterocycles. The smallest absolute Gasteiger partial charge is 0.319 e. The highest BCUT2D eigenvalue weighted by molar-refractivity contribution is 5.80. The Morgan fingerprint density at radius 2 is 2.25 bits per heavy atom. The minimum Gasteiger partial charge on any atom is -0.468 e. The maximum Gasteiger partial charge on any atom is 0.319 e. The highest BCUT2D eigenvalue weighted by Crippen LogP contribution is 2.14. The second-order valence-electron chi connectivity index (χ2n) is 3.56. The number of ether oxygens (including phenoxy) is 1. The Morgan fingerprint density at radius 1 is 1.44 bits per heavy atom. The number of methoxy groups -OCH3 is 1. The minimum atomic E-state index is -0.254. The first-order valence-electron chi connectivity index (χ1n) is 5.14. The fourth-order valence-corrected chi connectivity index (χ4v) is 1.60. The van der Waals surface area contributed by atoms with Crippen LogP contribution in [-0.4, -0.2) is 24.6 Å². The van der Waals surface area contributed by atoms with Crippen LogP contribution in [0.5, 0.6) is 0 Å². The molecule has 0 amide bonds.